The zero-order valence-corrected chi connectivity index (χ0v) is 18.7. The first-order chi connectivity index (χ1) is 14.3. The van der Waals surface area contributed by atoms with Crippen molar-refractivity contribution in [2.24, 2.45) is 23.7 Å². The predicted octanol–water partition coefficient (Wildman–Crippen LogP) is 7.60. The molecule has 29 heavy (non-hydrogen) atoms. The summed E-state index contributed by atoms with van der Waals surface area (Å²) in [6.45, 7) is 5.41. The van der Waals surface area contributed by atoms with Gasteiger partial charge in [0.1, 0.15) is 5.75 Å². The summed E-state index contributed by atoms with van der Waals surface area (Å²) in [6.07, 6.45) is 18.7. The van der Waals surface area contributed by atoms with Crippen LogP contribution >= 0.6 is 0 Å². The lowest BCUT2D eigenvalue weighted by Crippen LogP contribution is -2.19. The zero-order chi connectivity index (χ0) is 20.3. The maximum absolute atomic E-state index is 6.05. The van der Waals surface area contributed by atoms with E-state index in [0.717, 1.165) is 30.6 Å². The van der Waals surface area contributed by atoms with Crippen molar-refractivity contribution >= 4 is 0 Å². The molecular weight excluding hydrogens is 352 g/mol. The predicted molar refractivity (Wildman–Crippen MR) is 124 cm³/mol. The highest BCUT2D eigenvalue weighted by molar-refractivity contribution is 5.27. The van der Waals surface area contributed by atoms with Gasteiger partial charge in [-0.15, -0.1) is 0 Å². The Morgan fingerprint density at radius 2 is 1.59 bits per heavy atom. The van der Waals surface area contributed by atoms with Gasteiger partial charge in [-0.05, 0) is 99.3 Å². The fraction of sp³-hybridized carbons (Fsp3) is 0.643. The number of hydrogen-bond acceptors (Lipinski definition) is 1. The van der Waals surface area contributed by atoms with Crippen LogP contribution in [0.3, 0.4) is 0 Å². The average molecular weight is 393 g/mol. The second-order valence-electron chi connectivity index (χ2n) is 9.26. The molecule has 158 valence electrons. The highest BCUT2D eigenvalue weighted by Gasteiger charge is 2.20. The van der Waals surface area contributed by atoms with E-state index in [0.29, 0.717) is 11.8 Å². The molecule has 0 spiro atoms. The van der Waals surface area contributed by atoms with Gasteiger partial charge in [0.05, 0.1) is 6.61 Å². The normalized spacial score (nSPS) is 27.4. The van der Waals surface area contributed by atoms with E-state index in [9.17, 15) is 0 Å². The molecular formula is C28H40O. The van der Waals surface area contributed by atoms with Gasteiger partial charge in [0.25, 0.3) is 0 Å². The van der Waals surface area contributed by atoms with Gasteiger partial charge in [-0.2, -0.15) is 0 Å². The molecule has 0 heterocycles. The summed E-state index contributed by atoms with van der Waals surface area (Å²) >= 11 is 0. The van der Waals surface area contributed by atoms with Crippen LogP contribution in [0.15, 0.2) is 36.4 Å². The Labute approximate surface area is 179 Å². The first kappa shape index (κ1) is 22.0. The van der Waals surface area contributed by atoms with Crippen molar-refractivity contribution in [1.29, 1.82) is 0 Å². The first-order valence-electron chi connectivity index (χ1n) is 12.2. The number of allylic oxidation sites excluding steroid dienone is 2. The lowest BCUT2D eigenvalue weighted by molar-refractivity contribution is 0.196. The highest BCUT2D eigenvalue weighted by Crippen LogP contribution is 2.31. The maximum Gasteiger partial charge on any atom is 0.119 e. The van der Waals surface area contributed by atoms with E-state index in [1.807, 2.05) is 0 Å². The van der Waals surface area contributed by atoms with Gasteiger partial charge >= 0.3 is 0 Å². The van der Waals surface area contributed by atoms with Gasteiger partial charge in [0, 0.05) is 5.92 Å². The van der Waals surface area contributed by atoms with Crippen molar-refractivity contribution in [3.05, 3.63) is 42.0 Å². The SMILES string of the molecule is CCCc1ccc(OC[C@H]2CC[C@H](C#C/C=C/[C@H]3CC[C@H](CC)CC3)CC2)cc1. The van der Waals surface area contributed by atoms with Crippen LogP contribution in [0.25, 0.3) is 0 Å². The van der Waals surface area contributed by atoms with E-state index >= 15 is 0 Å². The van der Waals surface area contributed by atoms with Gasteiger partial charge in [-0.25, -0.2) is 0 Å². The van der Waals surface area contributed by atoms with Gasteiger partial charge in [-0.1, -0.05) is 56.7 Å². The number of benzene rings is 1. The maximum atomic E-state index is 6.05. The van der Waals surface area contributed by atoms with E-state index in [4.69, 9.17) is 4.74 Å². The fourth-order valence-corrected chi connectivity index (χ4v) is 4.87. The quantitative estimate of drug-likeness (QED) is 0.434. The average Bonchev–Trinajstić information content (AvgIpc) is 2.78. The van der Waals surface area contributed by atoms with Crippen LogP contribution in [0.4, 0.5) is 0 Å². The third-order valence-corrected chi connectivity index (χ3v) is 7.00. The molecule has 2 aliphatic carbocycles. The molecule has 0 saturated heterocycles. The minimum Gasteiger partial charge on any atom is -0.493 e. The third-order valence-electron chi connectivity index (χ3n) is 7.00. The molecule has 1 aromatic rings. The number of aryl methyl sites for hydroxylation is 1. The Morgan fingerprint density at radius 3 is 2.24 bits per heavy atom. The molecule has 3 rings (SSSR count). The van der Waals surface area contributed by atoms with Crippen molar-refractivity contribution in [3.8, 4) is 17.6 Å². The summed E-state index contributed by atoms with van der Waals surface area (Å²) < 4.78 is 6.05. The van der Waals surface area contributed by atoms with E-state index in [1.165, 1.54) is 69.8 Å². The molecule has 0 atom stereocenters. The van der Waals surface area contributed by atoms with Gasteiger partial charge < -0.3 is 4.74 Å². The molecule has 1 aromatic carbocycles. The van der Waals surface area contributed by atoms with Crippen LogP contribution in [-0.2, 0) is 6.42 Å². The molecule has 0 aromatic heterocycles. The van der Waals surface area contributed by atoms with Crippen LogP contribution in [0.1, 0.15) is 83.6 Å². The lowest BCUT2D eigenvalue weighted by atomic mass is 9.81. The molecule has 0 aliphatic heterocycles. The number of rotatable bonds is 7. The molecule has 2 fully saturated rings. The van der Waals surface area contributed by atoms with Crippen LogP contribution in [-0.4, -0.2) is 6.61 Å². The lowest BCUT2D eigenvalue weighted by Gasteiger charge is -2.25. The van der Waals surface area contributed by atoms with Gasteiger partial charge in [0.2, 0.25) is 0 Å². The van der Waals surface area contributed by atoms with E-state index in [2.05, 4.69) is 62.1 Å². The Balaban J connectivity index is 1.32. The van der Waals surface area contributed by atoms with E-state index < -0.39 is 0 Å². The van der Waals surface area contributed by atoms with Crippen LogP contribution in [0, 0.1) is 35.5 Å². The summed E-state index contributed by atoms with van der Waals surface area (Å²) in [5.74, 6) is 10.9. The molecule has 0 radical (unpaired) electrons. The van der Waals surface area contributed by atoms with Gasteiger partial charge in [0.15, 0.2) is 0 Å². The zero-order valence-electron chi connectivity index (χ0n) is 18.7. The monoisotopic (exact) mass is 392 g/mol. The van der Waals surface area contributed by atoms with Crippen molar-refractivity contribution in [2.75, 3.05) is 6.61 Å². The Bertz CT molecular complexity index is 659. The molecule has 1 heteroatoms. The van der Waals surface area contributed by atoms with Crippen molar-refractivity contribution < 1.29 is 4.74 Å². The summed E-state index contributed by atoms with van der Waals surface area (Å²) in [6, 6.07) is 8.66. The minimum absolute atomic E-state index is 0.583. The summed E-state index contributed by atoms with van der Waals surface area (Å²) in [5, 5.41) is 0. The van der Waals surface area contributed by atoms with E-state index in [1.54, 1.807) is 0 Å². The Hall–Kier alpha value is -1.68. The van der Waals surface area contributed by atoms with Crippen molar-refractivity contribution in [1.82, 2.24) is 0 Å². The van der Waals surface area contributed by atoms with Crippen LogP contribution in [0.5, 0.6) is 5.75 Å². The summed E-state index contributed by atoms with van der Waals surface area (Å²) in [5.41, 5.74) is 1.40. The third kappa shape index (κ3) is 7.58. The second kappa shape index (κ2) is 12.1. The molecule has 1 nitrogen and oxygen atoms in total. The minimum atomic E-state index is 0.583. The fourth-order valence-electron chi connectivity index (χ4n) is 4.87. The summed E-state index contributed by atoms with van der Waals surface area (Å²) in [7, 11) is 0. The highest BCUT2D eigenvalue weighted by atomic mass is 16.5. The smallest absolute Gasteiger partial charge is 0.119 e. The molecule has 0 unspecified atom stereocenters. The molecule has 2 saturated carbocycles. The molecule has 2 aliphatic rings. The van der Waals surface area contributed by atoms with Crippen molar-refractivity contribution in [3.63, 3.8) is 0 Å². The second-order valence-corrected chi connectivity index (χ2v) is 9.26. The van der Waals surface area contributed by atoms with Gasteiger partial charge in [-0.3, -0.25) is 0 Å². The van der Waals surface area contributed by atoms with Crippen LogP contribution in [0.2, 0.25) is 0 Å². The van der Waals surface area contributed by atoms with Crippen LogP contribution < -0.4 is 4.74 Å². The Kier molecular flexibility index (Phi) is 9.20. The first-order valence-corrected chi connectivity index (χ1v) is 12.2. The standard InChI is InChI=1S/C28H40O/c1-3-7-24-18-20-28(21-19-24)29-22-27-16-14-26(15-17-27)9-6-5-8-25-12-10-23(4-2)11-13-25/h5,8,18-21,23,25-27H,3-4,7,10-17,22H2,1-2H3/b8-5+/t23-,25-,26-,27-. The topological polar surface area (TPSA) is 9.23 Å². The van der Waals surface area contributed by atoms with Crippen molar-refractivity contribution in [2.45, 2.75) is 84.5 Å². The largest absolute Gasteiger partial charge is 0.493 e. The molecule has 0 bridgehead atoms. The molecule has 0 N–H and O–H groups in total. The Morgan fingerprint density at radius 1 is 0.897 bits per heavy atom. The number of ether oxygens (including phenoxy) is 1. The summed E-state index contributed by atoms with van der Waals surface area (Å²) in [4.78, 5) is 0. The van der Waals surface area contributed by atoms with E-state index in [-0.39, 0.29) is 0 Å². The number of hydrogen-bond donors (Lipinski definition) is 0. The molecule has 0 amide bonds.